The molecule has 1 aliphatic rings. The molecule has 19 heavy (non-hydrogen) atoms. The Labute approximate surface area is 120 Å². The summed E-state index contributed by atoms with van der Waals surface area (Å²) >= 11 is 3.64. The normalized spacial score (nSPS) is 14.7. The van der Waals surface area contributed by atoms with Gasteiger partial charge in [-0.05, 0) is 34.1 Å². The molecule has 100 valence electrons. The van der Waals surface area contributed by atoms with Gasteiger partial charge in [-0.3, -0.25) is 9.89 Å². The quantitative estimate of drug-likeness (QED) is 0.814. The first-order chi connectivity index (χ1) is 9.17. The minimum absolute atomic E-state index is 0.870. The van der Waals surface area contributed by atoms with Crippen molar-refractivity contribution in [3.05, 3.63) is 28.4 Å². The molecule has 0 atom stereocenters. The highest BCUT2D eigenvalue weighted by Crippen LogP contribution is 2.35. The number of ether oxygens (including phenoxy) is 1. The minimum Gasteiger partial charge on any atom is -0.496 e. The lowest BCUT2D eigenvalue weighted by atomic mass is 10.2. The third-order valence-electron chi connectivity index (χ3n) is 3.72. The number of amidine groups is 1. The summed E-state index contributed by atoms with van der Waals surface area (Å²) in [6.45, 7) is 2.01. The van der Waals surface area contributed by atoms with Crippen LogP contribution in [0.1, 0.15) is 5.69 Å². The second-order valence-electron chi connectivity index (χ2n) is 4.72. The summed E-state index contributed by atoms with van der Waals surface area (Å²) in [4.78, 5) is 0. The molecule has 2 heterocycles. The topological polar surface area (TPSA) is 29.2 Å². The Kier molecular flexibility index (Phi) is 3.01. The smallest absolute Gasteiger partial charge is 0.293 e. The monoisotopic (exact) mass is 322 g/mol. The van der Waals surface area contributed by atoms with Crippen molar-refractivity contribution in [2.24, 2.45) is 0 Å². The molecule has 5 heteroatoms. The molecule has 0 saturated carbocycles. The summed E-state index contributed by atoms with van der Waals surface area (Å²) in [6.07, 6.45) is 0. The number of rotatable bonds is 1. The first kappa shape index (κ1) is 12.5. The zero-order valence-electron chi connectivity index (χ0n) is 11.3. The van der Waals surface area contributed by atoms with Crippen molar-refractivity contribution in [2.45, 2.75) is 6.54 Å². The maximum absolute atomic E-state index is 5.37. The molecule has 0 saturated heterocycles. The molecule has 3 rings (SSSR count). The van der Waals surface area contributed by atoms with E-state index in [2.05, 4.69) is 49.6 Å². The number of nitrogens with zero attached hydrogens (tertiary/aromatic N) is 2. The number of fused-ring (bicyclic) bond motifs is 3. The van der Waals surface area contributed by atoms with Gasteiger partial charge in [0.2, 0.25) is 0 Å². The predicted molar refractivity (Wildman–Crippen MR) is 80.4 cm³/mol. The van der Waals surface area contributed by atoms with E-state index in [0.717, 1.165) is 29.1 Å². The Morgan fingerprint density at radius 3 is 2.89 bits per heavy atom. The van der Waals surface area contributed by atoms with Crippen LogP contribution in [0.25, 0.3) is 10.9 Å². The van der Waals surface area contributed by atoms with Gasteiger partial charge in [-0.1, -0.05) is 0 Å². The van der Waals surface area contributed by atoms with Crippen LogP contribution in [0.2, 0.25) is 0 Å². The zero-order chi connectivity index (χ0) is 13.6. The highest BCUT2D eigenvalue weighted by Gasteiger charge is 2.25. The van der Waals surface area contributed by atoms with Crippen LogP contribution in [-0.4, -0.2) is 42.7 Å². The van der Waals surface area contributed by atoms with Crippen molar-refractivity contribution in [1.82, 2.24) is 9.88 Å². The van der Waals surface area contributed by atoms with Gasteiger partial charge in [-0.2, -0.15) is 0 Å². The number of benzene rings is 1. The molecule has 1 N–H and O–H groups in total. The van der Waals surface area contributed by atoms with Crippen LogP contribution in [0, 0.1) is 0 Å². The number of halogens is 1. The molecule has 0 fully saturated rings. The van der Waals surface area contributed by atoms with E-state index >= 15 is 0 Å². The molecule has 0 spiro atoms. The molecule has 0 amide bonds. The first-order valence-corrected chi connectivity index (χ1v) is 7.08. The summed E-state index contributed by atoms with van der Waals surface area (Å²) < 4.78 is 11.0. The van der Waals surface area contributed by atoms with Crippen LogP contribution in [0.5, 0.6) is 5.75 Å². The molecule has 0 radical (unpaired) electrons. The van der Waals surface area contributed by atoms with Crippen molar-refractivity contribution in [3.8, 4) is 5.75 Å². The van der Waals surface area contributed by atoms with Gasteiger partial charge in [0.15, 0.2) is 0 Å². The number of aromatic nitrogens is 1. The SMILES string of the molecule is CNC1=[N+](C)CCn2c1cc1c(Br)c(OC)ccc12. The van der Waals surface area contributed by atoms with Gasteiger partial charge in [-0.25, -0.2) is 0 Å². The van der Waals surface area contributed by atoms with Gasteiger partial charge < -0.3 is 9.30 Å². The Balaban J connectivity index is 2.32. The Hall–Kier alpha value is -1.49. The average Bonchev–Trinajstić information content (AvgIpc) is 2.79. The molecule has 2 aromatic rings. The molecule has 1 aliphatic heterocycles. The molecule has 0 bridgehead atoms. The van der Waals surface area contributed by atoms with Gasteiger partial charge in [0.25, 0.3) is 5.84 Å². The van der Waals surface area contributed by atoms with E-state index in [4.69, 9.17) is 4.74 Å². The number of likely N-dealkylation sites (N-methyl/N-ethyl adjacent to an activating group) is 1. The lowest BCUT2D eigenvalue weighted by Crippen LogP contribution is -2.38. The third kappa shape index (κ3) is 1.75. The molecular formula is C14H17BrN3O+. The maximum Gasteiger partial charge on any atom is 0.293 e. The van der Waals surface area contributed by atoms with Crippen molar-refractivity contribution >= 4 is 32.7 Å². The fraction of sp³-hybridized carbons (Fsp3) is 0.357. The molecule has 1 aromatic carbocycles. The molecule has 1 aromatic heterocycles. The summed E-state index contributed by atoms with van der Waals surface area (Å²) in [5, 5.41) is 4.49. The van der Waals surface area contributed by atoms with Gasteiger partial charge in [-0.15, -0.1) is 0 Å². The number of hydrogen-bond donors (Lipinski definition) is 1. The Morgan fingerprint density at radius 1 is 1.42 bits per heavy atom. The second-order valence-corrected chi connectivity index (χ2v) is 5.51. The standard InChI is InChI=1S/C14H16BrN3O/c1-16-14-11-8-9-10(18(11)7-6-17(14)2)4-5-12(19-3)13(9)15/h4-5,8H,6-7H2,1-3H3/p+1. The maximum atomic E-state index is 5.37. The van der Waals surface area contributed by atoms with Crippen molar-refractivity contribution in [1.29, 1.82) is 0 Å². The van der Waals surface area contributed by atoms with Crippen LogP contribution < -0.4 is 10.1 Å². The highest BCUT2D eigenvalue weighted by atomic mass is 79.9. The minimum atomic E-state index is 0.870. The Bertz CT molecular complexity index is 688. The van der Waals surface area contributed by atoms with E-state index in [0.29, 0.717) is 0 Å². The van der Waals surface area contributed by atoms with Crippen LogP contribution >= 0.6 is 15.9 Å². The fourth-order valence-electron chi connectivity index (χ4n) is 2.75. The van der Waals surface area contributed by atoms with Crippen LogP contribution in [-0.2, 0) is 6.54 Å². The third-order valence-corrected chi connectivity index (χ3v) is 4.54. The van der Waals surface area contributed by atoms with Gasteiger partial charge in [0, 0.05) is 5.39 Å². The van der Waals surface area contributed by atoms with E-state index in [1.165, 1.54) is 16.6 Å². The lowest BCUT2D eigenvalue weighted by Gasteiger charge is -2.17. The first-order valence-electron chi connectivity index (χ1n) is 6.29. The molecule has 4 nitrogen and oxygen atoms in total. The van der Waals surface area contributed by atoms with E-state index in [1.54, 1.807) is 7.11 Å². The Morgan fingerprint density at radius 2 is 2.21 bits per heavy atom. The van der Waals surface area contributed by atoms with E-state index in [-0.39, 0.29) is 0 Å². The van der Waals surface area contributed by atoms with Crippen molar-refractivity contribution in [2.75, 3.05) is 27.7 Å². The number of hydrogen-bond acceptors (Lipinski definition) is 2. The van der Waals surface area contributed by atoms with Crippen molar-refractivity contribution < 1.29 is 9.31 Å². The molecular weight excluding hydrogens is 306 g/mol. The lowest BCUT2D eigenvalue weighted by molar-refractivity contribution is -0.503. The summed E-state index contributed by atoms with van der Waals surface area (Å²) in [7, 11) is 5.78. The summed E-state index contributed by atoms with van der Waals surface area (Å²) in [5.74, 6) is 2.03. The van der Waals surface area contributed by atoms with Gasteiger partial charge in [0.05, 0.1) is 37.7 Å². The van der Waals surface area contributed by atoms with Crippen molar-refractivity contribution in [3.63, 3.8) is 0 Å². The number of methoxy groups -OCH3 is 1. The molecule has 0 aliphatic carbocycles. The predicted octanol–water partition coefficient (Wildman–Crippen LogP) is 2.03. The van der Waals surface area contributed by atoms with Gasteiger partial charge in [0.1, 0.15) is 18.0 Å². The largest absolute Gasteiger partial charge is 0.496 e. The summed E-state index contributed by atoms with van der Waals surface area (Å²) in [5.41, 5.74) is 2.46. The average molecular weight is 323 g/mol. The van der Waals surface area contributed by atoms with E-state index in [1.807, 2.05) is 13.1 Å². The van der Waals surface area contributed by atoms with Crippen LogP contribution in [0.15, 0.2) is 22.7 Å². The number of nitrogens with one attached hydrogen (secondary N) is 1. The molecule has 0 unspecified atom stereocenters. The van der Waals surface area contributed by atoms with Crippen LogP contribution in [0.3, 0.4) is 0 Å². The van der Waals surface area contributed by atoms with Crippen LogP contribution in [0.4, 0.5) is 0 Å². The second kappa shape index (κ2) is 4.56. The highest BCUT2D eigenvalue weighted by molar-refractivity contribution is 9.10. The van der Waals surface area contributed by atoms with E-state index < -0.39 is 0 Å². The van der Waals surface area contributed by atoms with Gasteiger partial charge >= 0.3 is 0 Å². The zero-order valence-corrected chi connectivity index (χ0v) is 12.9. The fourth-order valence-corrected chi connectivity index (χ4v) is 3.36. The summed E-state index contributed by atoms with van der Waals surface area (Å²) in [6, 6.07) is 6.35. The van der Waals surface area contributed by atoms with E-state index in [9.17, 15) is 0 Å².